The van der Waals surface area contributed by atoms with Crippen LogP contribution in [0.5, 0.6) is 5.75 Å². The van der Waals surface area contributed by atoms with Crippen LogP contribution < -0.4 is 4.18 Å². The number of carbonyl (C=O) groups is 1. The van der Waals surface area contributed by atoms with Gasteiger partial charge in [-0.05, 0) is 42.4 Å². The molecular formula is C16H19F3O5S. The summed E-state index contributed by atoms with van der Waals surface area (Å²) < 4.78 is 69.7. The van der Waals surface area contributed by atoms with Crippen LogP contribution in [0.3, 0.4) is 0 Å². The molecule has 0 unspecified atom stereocenters. The van der Waals surface area contributed by atoms with Crippen molar-refractivity contribution in [1.82, 2.24) is 0 Å². The van der Waals surface area contributed by atoms with Gasteiger partial charge in [-0.3, -0.25) is 0 Å². The second-order valence-corrected chi connectivity index (χ2v) is 8.20. The highest BCUT2D eigenvalue weighted by Crippen LogP contribution is 2.51. The Balaban J connectivity index is 2.54. The van der Waals surface area contributed by atoms with Gasteiger partial charge in [-0.15, -0.1) is 0 Å². The second-order valence-electron chi connectivity index (χ2n) is 6.66. The van der Waals surface area contributed by atoms with Crippen LogP contribution in [0.1, 0.15) is 54.9 Å². The minimum Gasteiger partial charge on any atom is -0.465 e. The fourth-order valence-corrected chi connectivity index (χ4v) is 3.69. The van der Waals surface area contributed by atoms with E-state index in [4.69, 9.17) is 0 Å². The molecule has 1 aliphatic rings. The van der Waals surface area contributed by atoms with E-state index in [1.165, 1.54) is 19.2 Å². The average Bonchev–Trinajstić information content (AvgIpc) is 2.84. The molecule has 0 N–H and O–H groups in total. The smallest absolute Gasteiger partial charge is 0.465 e. The predicted octanol–water partition coefficient (Wildman–Crippen LogP) is 4.00. The summed E-state index contributed by atoms with van der Waals surface area (Å²) in [5.74, 6) is -1.32. The van der Waals surface area contributed by atoms with Crippen molar-refractivity contribution in [3.05, 3.63) is 29.3 Å². The molecule has 0 saturated heterocycles. The third kappa shape index (κ3) is 3.91. The van der Waals surface area contributed by atoms with Crippen molar-refractivity contribution in [1.29, 1.82) is 0 Å². The summed E-state index contributed by atoms with van der Waals surface area (Å²) in [6.45, 7) is 3.88. The monoisotopic (exact) mass is 380 g/mol. The van der Waals surface area contributed by atoms with E-state index in [2.05, 4.69) is 8.92 Å². The van der Waals surface area contributed by atoms with Crippen molar-refractivity contribution in [2.75, 3.05) is 7.11 Å². The molecule has 9 heteroatoms. The molecule has 1 aromatic carbocycles. The SMILES string of the molecule is COC(=O)c1ccc(OS(=O)(=O)C(F)(F)F)c([C@H]2CCCC2(C)C)c1. The van der Waals surface area contributed by atoms with Crippen LogP contribution in [-0.4, -0.2) is 27.0 Å². The number of ether oxygens (including phenoxy) is 1. The molecule has 1 atom stereocenters. The predicted molar refractivity (Wildman–Crippen MR) is 83.8 cm³/mol. The van der Waals surface area contributed by atoms with Gasteiger partial charge in [-0.1, -0.05) is 20.3 Å². The van der Waals surface area contributed by atoms with Gasteiger partial charge in [0.2, 0.25) is 0 Å². The van der Waals surface area contributed by atoms with E-state index in [0.717, 1.165) is 18.9 Å². The van der Waals surface area contributed by atoms with E-state index in [9.17, 15) is 26.4 Å². The van der Waals surface area contributed by atoms with E-state index in [1.54, 1.807) is 0 Å². The number of carbonyl (C=O) groups excluding carboxylic acids is 1. The Bertz CT molecular complexity index is 768. The Hall–Kier alpha value is -1.77. The summed E-state index contributed by atoms with van der Waals surface area (Å²) in [7, 11) is -4.61. The van der Waals surface area contributed by atoms with Crippen molar-refractivity contribution in [2.45, 2.75) is 44.5 Å². The zero-order valence-corrected chi connectivity index (χ0v) is 14.8. The van der Waals surface area contributed by atoms with E-state index in [-0.39, 0.29) is 22.5 Å². The Morgan fingerprint density at radius 2 is 1.92 bits per heavy atom. The molecule has 0 aliphatic heterocycles. The maximum absolute atomic E-state index is 12.7. The van der Waals surface area contributed by atoms with Crippen LogP contribution >= 0.6 is 0 Å². The first kappa shape index (κ1) is 19.6. The Labute approximate surface area is 144 Å². The number of benzene rings is 1. The van der Waals surface area contributed by atoms with Crippen molar-refractivity contribution >= 4 is 16.1 Å². The van der Waals surface area contributed by atoms with Crippen molar-refractivity contribution in [2.24, 2.45) is 5.41 Å². The zero-order valence-electron chi connectivity index (χ0n) is 14.0. The molecule has 1 aromatic rings. The van der Waals surface area contributed by atoms with E-state index >= 15 is 0 Å². The van der Waals surface area contributed by atoms with E-state index in [1.807, 2.05) is 13.8 Å². The first-order valence-electron chi connectivity index (χ1n) is 7.62. The van der Waals surface area contributed by atoms with Crippen LogP contribution in [0, 0.1) is 5.41 Å². The number of rotatable bonds is 4. The van der Waals surface area contributed by atoms with Crippen molar-refractivity contribution < 1.29 is 35.3 Å². The van der Waals surface area contributed by atoms with Gasteiger partial charge in [0.15, 0.2) is 0 Å². The highest BCUT2D eigenvalue weighted by Gasteiger charge is 2.49. The molecule has 0 spiro atoms. The second kappa shape index (κ2) is 6.51. The molecule has 0 heterocycles. The molecule has 1 fully saturated rings. The summed E-state index contributed by atoms with van der Waals surface area (Å²) in [5.41, 5.74) is -5.42. The van der Waals surface area contributed by atoms with Gasteiger partial charge < -0.3 is 8.92 Å². The largest absolute Gasteiger partial charge is 0.534 e. The third-order valence-corrected chi connectivity index (χ3v) is 5.51. The summed E-state index contributed by atoms with van der Waals surface area (Å²) >= 11 is 0. The molecule has 2 rings (SSSR count). The number of esters is 1. The minimum atomic E-state index is -5.79. The van der Waals surface area contributed by atoms with Gasteiger partial charge in [0, 0.05) is 5.56 Å². The van der Waals surface area contributed by atoms with Crippen LogP contribution in [0.15, 0.2) is 18.2 Å². The molecule has 1 aliphatic carbocycles. The maximum Gasteiger partial charge on any atom is 0.534 e. The lowest BCUT2D eigenvalue weighted by Gasteiger charge is -2.29. The lowest BCUT2D eigenvalue weighted by molar-refractivity contribution is -0.0500. The van der Waals surface area contributed by atoms with Crippen molar-refractivity contribution in [3.8, 4) is 5.75 Å². The van der Waals surface area contributed by atoms with Gasteiger partial charge in [-0.25, -0.2) is 4.79 Å². The normalized spacial score (nSPS) is 20.3. The Kier molecular flexibility index (Phi) is 5.09. The third-order valence-electron chi connectivity index (χ3n) is 4.55. The van der Waals surface area contributed by atoms with Crippen LogP contribution in [-0.2, 0) is 14.9 Å². The number of hydrogen-bond donors (Lipinski definition) is 0. The number of halogens is 3. The highest BCUT2D eigenvalue weighted by atomic mass is 32.2. The number of alkyl halides is 3. The van der Waals surface area contributed by atoms with Gasteiger partial charge >= 0.3 is 21.6 Å². The molecule has 1 saturated carbocycles. The summed E-state index contributed by atoms with van der Waals surface area (Å²) in [6, 6.07) is 3.60. The molecule has 0 amide bonds. The quantitative estimate of drug-likeness (QED) is 0.449. The summed E-state index contributed by atoms with van der Waals surface area (Å²) in [4.78, 5) is 11.7. The molecular weight excluding hydrogens is 361 g/mol. The van der Waals surface area contributed by atoms with E-state index < -0.39 is 27.3 Å². The maximum atomic E-state index is 12.7. The first-order valence-corrected chi connectivity index (χ1v) is 9.03. The van der Waals surface area contributed by atoms with Crippen LogP contribution in [0.25, 0.3) is 0 Å². The average molecular weight is 380 g/mol. The van der Waals surface area contributed by atoms with Crippen LogP contribution in [0.4, 0.5) is 13.2 Å². The molecule has 25 heavy (non-hydrogen) atoms. The number of hydrogen-bond acceptors (Lipinski definition) is 5. The van der Waals surface area contributed by atoms with Gasteiger partial charge in [0.25, 0.3) is 0 Å². The lowest BCUT2D eigenvalue weighted by Crippen LogP contribution is -2.29. The summed E-state index contributed by atoms with van der Waals surface area (Å²) in [6.07, 6.45) is 2.32. The minimum absolute atomic E-state index is 0.122. The Morgan fingerprint density at radius 3 is 2.40 bits per heavy atom. The fraction of sp³-hybridized carbons (Fsp3) is 0.562. The van der Waals surface area contributed by atoms with Gasteiger partial charge in [0.1, 0.15) is 5.75 Å². The topological polar surface area (TPSA) is 69.7 Å². The van der Waals surface area contributed by atoms with Crippen molar-refractivity contribution in [3.63, 3.8) is 0 Å². The van der Waals surface area contributed by atoms with Crippen LogP contribution in [0.2, 0.25) is 0 Å². The van der Waals surface area contributed by atoms with Gasteiger partial charge in [-0.2, -0.15) is 21.6 Å². The van der Waals surface area contributed by atoms with E-state index in [0.29, 0.717) is 6.42 Å². The van der Waals surface area contributed by atoms with Gasteiger partial charge in [0.05, 0.1) is 12.7 Å². The standard InChI is InChI=1S/C16H19F3O5S/c1-15(2)8-4-5-12(15)11-9-10(14(20)23-3)6-7-13(11)24-25(21,22)16(17,18)19/h6-7,9,12H,4-5,8H2,1-3H3/t12-/m1/s1. The Morgan fingerprint density at radius 1 is 1.28 bits per heavy atom. The summed E-state index contributed by atoms with van der Waals surface area (Å²) in [5, 5.41) is 0. The first-order chi connectivity index (χ1) is 11.4. The molecule has 140 valence electrons. The zero-order chi connectivity index (χ0) is 19.0. The number of methoxy groups -OCH3 is 1. The lowest BCUT2D eigenvalue weighted by atomic mass is 9.77. The molecule has 0 bridgehead atoms. The molecule has 0 radical (unpaired) electrons. The fourth-order valence-electron chi connectivity index (χ4n) is 3.21. The molecule has 0 aromatic heterocycles. The molecule has 5 nitrogen and oxygen atoms in total. The highest BCUT2D eigenvalue weighted by molar-refractivity contribution is 7.88.